The van der Waals surface area contributed by atoms with Crippen LogP contribution in [0.4, 0.5) is 18.9 Å². The van der Waals surface area contributed by atoms with Gasteiger partial charge >= 0.3 is 6.18 Å². The maximum atomic E-state index is 12.7. The van der Waals surface area contributed by atoms with Crippen LogP contribution in [0.2, 0.25) is 0 Å². The van der Waals surface area contributed by atoms with Crippen LogP contribution in [-0.4, -0.2) is 22.5 Å². The number of carbonyl (C=O) groups excluding carboxylic acids is 1. The lowest BCUT2D eigenvalue weighted by atomic mass is 10.1. The molecule has 0 spiro atoms. The van der Waals surface area contributed by atoms with Gasteiger partial charge in [0.1, 0.15) is 5.75 Å². The van der Waals surface area contributed by atoms with E-state index in [9.17, 15) is 23.1 Å². The molecule has 0 aliphatic heterocycles. The van der Waals surface area contributed by atoms with Crippen molar-refractivity contribution >= 4 is 11.6 Å². The number of para-hydroxylation sites is 1. The highest BCUT2D eigenvalue weighted by Crippen LogP contribution is 2.31. The number of nitrogens with zero attached hydrogens (tertiary/aromatic N) is 2. The van der Waals surface area contributed by atoms with E-state index in [-0.39, 0.29) is 11.7 Å². The van der Waals surface area contributed by atoms with E-state index in [1.165, 1.54) is 29.3 Å². The quantitative estimate of drug-likeness (QED) is 0.564. The van der Waals surface area contributed by atoms with E-state index in [2.05, 4.69) is 11.6 Å². The number of benzene rings is 2. The predicted octanol–water partition coefficient (Wildman–Crippen LogP) is 5.23. The van der Waals surface area contributed by atoms with Crippen molar-refractivity contribution in [3.8, 4) is 17.0 Å². The Balaban J connectivity index is 1.79. The summed E-state index contributed by atoms with van der Waals surface area (Å²) in [7, 11) is 0. The molecule has 154 valence electrons. The lowest BCUT2D eigenvalue weighted by Crippen LogP contribution is -2.31. The first-order valence-corrected chi connectivity index (χ1v) is 9.14. The first kappa shape index (κ1) is 21.1. The van der Waals surface area contributed by atoms with Gasteiger partial charge in [-0.05, 0) is 48.4 Å². The molecule has 0 fully saturated rings. The Morgan fingerprint density at radius 3 is 2.33 bits per heavy atom. The fraction of sp³-hybridized carbons (Fsp3) is 0.130. The Morgan fingerprint density at radius 1 is 1.07 bits per heavy atom. The molecule has 1 N–H and O–H groups in total. The van der Waals surface area contributed by atoms with Crippen molar-refractivity contribution in [2.75, 3.05) is 11.4 Å². The summed E-state index contributed by atoms with van der Waals surface area (Å²) < 4.78 is 38.1. The average Bonchev–Trinajstić information content (AvgIpc) is 2.75. The lowest BCUT2D eigenvalue weighted by molar-refractivity contribution is -0.137. The van der Waals surface area contributed by atoms with Crippen LogP contribution in [-0.2, 0) is 17.4 Å². The molecule has 7 heteroatoms. The van der Waals surface area contributed by atoms with E-state index >= 15 is 0 Å². The molecule has 0 aliphatic carbocycles. The summed E-state index contributed by atoms with van der Waals surface area (Å²) in [5.74, 6) is -0.172. The summed E-state index contributed by atoms with van der Waals surface area (Å²) >= 11 is 0. The summed E-state index contributed by atoms with van der Waals surface area (Å²) in [6, 6.07) is 14.9. The fourth-order valence-corrected chi connectivity index (χ4v) is 2.98. The van der Waals surface area contributed by atoms with Crippen molar-refractivity contribution in [2.45, 2.75) is 12.6 Å². The second-order valence-corrected chi connectivity index (χ2v) is 6.55. The standard InChI is InChI=1S/C23H19F3N2O2/c1-2-22(30)28(14-13-17-5-3-4-6-21(17)29)19-11-12-20(27-15-19)16-7-9-18(10-8-16)23(24,25)26/h2-12,15,29H,1,13-14H2. The van der Waals surface area contributed by atoms with E-state index in [0.717, 1.165) is 12.1 Å². The van der Waals surface area contributed by atoms with E-state index in [0.29, 0.717) is 35.5 Å². The highest BCUT2D eigenvalue weighted by molar-refractivity contribution is 6.01. The number of halogens is 3. The third kappa shape index (κ3) is 4.86. The third-order valence-corrected chi connectivity index (χ3v) is 4.60. The zero-order valence-electron chi connectivity index (χ0n) is 15.9. The van der Waals surface area contributed by atoms with Crippen molar-refractivity contribution in [3.63, 3.8) is 0 Å². The van der Waals surface area contributed by atoms with Gasteiger partial charge in [0.05, 0.1) is 23.1 Å². The van der Waals surface area contributed by atoms with Gasteiger partial charge in [-0.2, -0.15) is 13.2 Å². The Hall–Kier alpha value is -3.61. The van der Waals surface area contributed by atoms with Gasteiger partial charge in [0.25, 0.3) is 0 Å². The van der Waals surface area contributed by atoms with Gasteiger partial charge in [0.2, 0.25) is 5.91 Å². The Bertz CT molecular complexity index is 1030. The van der Waals surface area contributed by atoms with Crippen LogP contribution in [0.3, 0.4) is 0 Å². The summed E-state index contributed by atoms with van der Waals surface area (Å²) in [4.78, 5) is 18.1. The number of phenols is 1. The third-order valence-electron chi connectivity index (χ3n) is 4.60. The lowest BCUT2D eigenvalue weighted by Gasteiger charge is -2.21. The molecule has 0 aliphatic rings. The van der Waals surface area contributed by atoms with Gasteiger partial charge in [-0.3, -0.25) is 9.78 Å². The van der Waals surface area contributed by atoms with Gasteiger partial charge in [-0.15, -0.1) is 0 Å². The first-order chi connectivity index (χ1) is 14.3. The molecular formula is C23H19F3N2O2. The van der Waals surface area contributed by atoms with Gasteiger partial charge in [-0.25, -0.2) is 0 Å². The number of phenolic OH excluding ortho intramolecular Hbond substituents is 1. The molecule has 1 aromatic heterocycles. The zero-order valence-corrected chi connectivity index (χ0v) is 15.9. The number of hydrogen-bond acceptors (Lipinski definition) is 3. The van der Waals surface area contributed by atoms with Crippen LogP contribution in [0, 0.1) is 0 Å². The number of aromatic nitrogens is 1. The van der Waals surface area contributed by atoms with Crippen LogP contribution in [0.25, 0.3) is 11.3 Å². The largest absolute Gasteiger partial charge is 0.508 e. The molecule has 0 bridgehead atoms. The molecule has 3 rings (SSSR count). The van der Waals surface area contributed by atoms with Crippen molar-refractivity contribution in [1.29, 1.82) is 0 Å². The monoisotopic (exact) mass is 412 g/mol. The summed E-state index contributed by atoms with van der Waals surface area (Å²) in [6.45, 7) is 3.82. The summed E-state index contributed by atoms with van der Waals surface area (Å²) in [6.07, 6.45) is -1.30. The van der Waals surface area contributed by atoms with Crippen LogP contribution in [0.15, 0.2) is 79.5 Å². The number of carbonyl (C=O) groups is 1. The predicted molar refractivity (Wildman–Crippen MR) is 109 cm³/mol. The molecule has 1 amide bonds. The molecule has 2 aromatic carbocycles. The summed E-state index contributed by atoms with van der Waals surface area (Å²) in [5, 5.41) is 9.92. The molecular weight excluding hydrogens is 393 g/mol. The van der Waals surface area contributed by atoms with Crippen LogP contribution in [0.1, 0.15) is 11.1 Å². The van der Waals surface area contributed by atoms with Crippen LogP contribution >= 0.6 is 0 Å². The summed E-state index contributed by atoms with van der Waals surface area (Å²) in [5.41, 5.74) is 1.51. The minimum atomic E-state index is -4.39. The second kappa shape index (κ2) is 8.82. The van der Waals surface area contributed by atoms with E-state index < -0.39 is 11.7 Å². The van der Waals surface area contributed by atoms with Gasteiger partial charge in [-0.1, -0.05) is 36.9 Å². The number of amides is 1. The van der Waals surface area contributed by atoms with Gasteiger partial charge in [0, 0.05) is 12.1 Å². The molecule has 1 heterocycles. The second-order valence-electron chi connectivity index (χ2n) is 6.55. The van der Waals surface area contributed by atoms with Crippen molar-refractivity contribution < 1.29 is 23.1 Å². The minimum absolute atomic E-state index is 0.152. The molecule has 0 radical (unpaired) electrons. The van der Waals surface area contributed by atoms with Crippen molar-refractivity contribution in [2.24, 2.45) is 0 Å². The number of aromatic hydroxyl groups is 1. The van der Waals surface area contributed by atoms with E-state index in [1.807, 2.05) is 0 Å². The van der Waals surface area contributed by atoms with Crippen molar-refractivity contribution in [3.05, 3.63) is 90.6 Å². The Kier molecular flexibility index (Phi) is 6.20. The first-order valence-electron chi connectivity index (χ1n) is 9.14. The molecule has 30 heavy (non-hydrogen) atoms. The SMILES string of the molecule is C=CC(=O)N(CCc1ccccc1O)c1ccc(-c2ccc(C(F)(F)F)cc2)nc1. The molecule has 4 nitrogen and oxygen atoms in total. The maximum Gasteiger partial charge on any atom is 0.416 e. The smallest absolute Gasteiger partial charge is 0.416 e. The Labute approximate surface area is 171 Å². The highest BCUT2D eigenvalue weighted by Gasteiger charge is 2.30. The molecule has 0 unspecified atom stereocenters. The number of hydrogen-bond donors (Lipinski definition) is 1. The Morgan fingerprint density at radius 2 is 1.77 bits per heavy atom. The van der Waals surface area contributed by atoms with E-state index in [1.54, 1.807) is 36.4 Å². The van der Waals surface area contributed by atoms with Crippen LogP contribution in [0.5, 0.6) is 5.75 Å². The molecule has 3 aromatic rings. The fourth-order valence-electron chi connectivity index (χ4n) is 2.98. The van der Waals surface area contributed by atoms with Gasteiger partial charge < -0.3 is 10.0 Å². The van der Waals surface area contributed by atoms with Crippen molar-refractivity contribution in [1.82, 2.24) is 4.98 Å². The maximum absolute atomic E-state index is 12.7. The number of rotatable bonds is 6. The van der Waals surface area contributed by atoms with E-state index in [4.69, 9.17) is 0 Å². The molecule has 0 saturated carbocycles. The normalized spacial score (nSPS) is 11.2. The average molecular weight is 412 g/mol. The number of alkyl halides is 3. The minimum Gasteiger partial charge on any atom is -0.508 e. The van der Waals surface area contributed by atoms with Crippen LogP contribution < -0.4 is 4.90 Å². The highest BCUT2D eigenvalue weighted by atomic mass is 19.4. The number of anilines is 1. The molecule has 0 saturated heterocycles. The molecule has 0 atom stereocenters. The number of pyridine rings is 1. The zero-order chi connectivity index (χ0) is 21.7. The van der Waals surface area contributed by atoms with Gasteiger partial charge in [0.15, 0.2) is 0 Å². The topological polar surface area (TPSA) is 53.4 Å².